The lowest BCUT2D eigenvalue weighted by Gasteiger charge is -2.15. The van der Waals surface area contributed by atoms with Gasteiger partial charge in [0.15, 0.2) is 0 Å². The van der Waals surface area contributed by atoms with Crippen molar-refractivity contribution in [2.24, 2.45) is 17.8 Å². The lowest BCUT2D eigenvalue weighted by molar-refractivity contribution is -0.146. The maximum atomic E-state index is 11.8. The first-order valence-electron chi connectivity index (χ1n) is 5.72. The van der Waals surface area contributed by atoms with Crippen LogP contribution >= 0.6 is 0 Å². The number of hydrogen-bond acceptors (Lipinski definition) is 3. The van der Waals surface area contributed by atoms with Crippen LogP contribution in [0.25, 0.3) is 0 Å². The number of hydrogen-bond donors (Lipinski definition) is 2. The number of carbonyl (C=O) groups excluding carboxylic acids is 1. The maximum Gasteiger partial charge on any atom is 0.307 e. The van der Waals surface area contributed by atoms with Crippen molar-refractivity contribution in [2.75, 3.05) is 18.6 Å². The van der Waals surface area contributed by atoms with Gasteiger partial charge in [-0.2, -0.15) is 0 Å². The van der Waals surface area contributed by atoms with Gasteiger partial charge in [0.05, 0.1) is 11.8 Å². The molecule has 1 aliphatic rings. The van der Waals surface area contributed by atoms with Crippen molar-refractivity contribution in [3.05, 3.63) is 0 Å². The first-order valence-corrected chi connectivity index (χ1v) is 7.45. The van der Waals surface area contributed by atoms with E-state index in [0.29, 0.717) is 25.1 Å². The molecule has 98 valence electrons. The van der Waals surface area contributed by atoms with E-state index in [-0.39, 0.29) is 11.8 Å². The molecule has 5 nitrogen and oxygen atoms in total. The highest BCUT2D eigenvalue weighted by Gasteiger charge is 2.40. The van der Waals surface area contributed by atoms with E-state index in [1.165, 1.54) is 0 Å². The molecule has 0 aliphatic heterocycles. The highest BCUT2D eigenvalue weighted by molar-refractivity contribution is 7.84. The molecule has 2 N–H and O–H groups in total. The van der Waals surface area contributed by atoms with Gasteiger partial charge in [-0.1, -0.05) is 6.92 Å². The van der Waals surface area contributed by atoms with E-state index in [1.54, 1.807) is 6.26 Å². The van der Waals surface area contributed by atoms with Gasteiger partial charge in [0.1, 0.15) is 0 Å². The Labute approximate surface area is 103 Å². The van der Waals surface area contributed by atoms with Gasteiger partial charge in [-0.05, 0) is 18.8 Å². The zero-order valence-corrected chi connectivity index (χ0v) is 11.0. The molecule has 0 heterocycles. The highest BCUT2D eigenvalue weighted by Crippen LogP contribution is 2.36. The Morgan fingerprint density at radius 1 is 1.35 bits per heavy atom. The fourth-order valence-corrected chi connectivity index (χ4v) is 2.69. The summed E-state index contributed by atoms with van der Waals surface area (Å²) in [4.78, 5) is 22.8. The zero-order valence-electron chi connectivity index (χ0n) is 10.1. The van der Waals surface area contributed by atoms with E-state index >= 15 is 0 Å². The van der Waals surface area contributed by atoms with Crippen LogP contribution in [0.4, 0.5) is 0 Å². The molecule has 0 aromatic rings. The molecule has 4 atom stereocenters. The van der Waals surface area contributed by atoms with Crippen LogP contribution < -0.4 is 5.32 Å². The van der Waals surface area contributed by atoms with Gasteiger partial charge in [-0.15, -0.1) is 0 Å². The second-order valence-corrected chi connectivity index (χ2v) is 6.25. The number of carbonyl (C=O) groups is 2. The summed E-state index contributed by atoms with van der Waals surface area (Å²) in [5.74, 6) is -1.44. The van der Waals surface area contributed by atoms with E-state index in [9.17, 15) is 13.8 Å². The zero-order chi connectivity index (χ0) is 13.0. The molecule has 0 radical (unpaired) electrons. The summed E-state index contributed by atoms with van der Waals surface area (Å²) >= 11 is 0. The van der Waals surface area contributed by atoms with Crippen LogP contribution in [0.15, 0.2) is 0 Å². The lowest BCUT2D eigenvalue weighted by atomic mass is 9.95. The van der Waals surface area contributed by atoms with Crippen molar-refractivity contribution < 1.29 is 18.9 Å². The predicted molar refractivity (Wildman–Crippen MR) is 65.0 cm³/mol. The Balaban J connectivity index is 2.49. The number of amides is 1. The summed E-state index contributed by atoms with van der Waals surface area (Å²) in [6.45, 7) is 2.31. The minimum Gasteiger partial charge on any atom is -0.481 e. The summed E-state index contributed by atoms with van der Waals surface area (Å²) in [6.07, 6.45) is 2.76. The monoisotopic (exact) mass is 261 g/mol. The van der Waals surface area contributed by atoms with E-state index in [2.05, 4.69) is 5.32 Å². The Bertz CT molecular complexity index is 331. The molecule has 0 aromatic heterocycles. The standard InChI is InChI=1S/C11H19NO4S/c1-7-5-8(9(6-7)11(14)15)10(13)12-3-4-17(2)16/h7-9H,3-6H2,1-2H3,(H,12,13)(H,14,15). The van der Waals surface area contributed by atoms with Gasteiger partial charge in [-0.25, -0.2) is 0 Å². The molecule has 6 heteroatoms. The number of rotatable bonds is 5. The molecule has 4 unspecified atom stereocenters. The van der Waals surface area contributed by atoms with E-state index in [4.69, 9.17) is 5.11 Å². The topological polar surface area (TPSA) is 83.5 Å². The summed E-state index contributed by atoms with van der Waals surface area (Å²) in [5.41, 5.74) is 0. The smallest absolute Gasteiger partial charge is 0.307 e. The summed E-state index contributed by atoms with van der Waals surface area (Å²) in [5, 5.41) is 11.7. The van der Waals surface area contributed by atoms with Crippen molar-refractivity contribution in [3.8, 4) is 0 Å². The van der Waals surface area contributed by atoms with Gasteiger partial charge < -0.3 is 10.4 Å². The molecular formula is C11H19NO4S. The van der Waals surface area contributed by atoms with Gasteiger partial charge in [-0.3, -0.25) is 13.8 Å². The minimum absolute atomic E-state index is 0.216. The molecule has 0 aromatic carbocycles. The average molecular weight is 261 g/mol. The molecule has 1 fully saturated rings. The van der Waals surface area contributed by atoms with E-state index in [1.807, 2.05) is 6.92 Å². The summed E-state index contributed by atoms with van der Waals surface area (Å²) in [7, 11) is -0.939. The van der Waals surface area contributed by atoms with Crippen molar-refractivity contribution >= 4 is 22.7 Å². The quantitative estimate of drug-likeness (QED) is 0.742. The summed E-state index contributed by atoms with van der Waals surface area (Å²) < 4.78 is 10.8. The Morgan fingerprint density at radius 2 is 1.94 bits per heavy atom. The molecule has 1 aliphatic carbocycles. The first-order chi connectivity index (χ1) is 7.91. The van der Waals surface area contributed by atoms with Crippen molar-refractivity contribution in [3.63, 3.8) is 0 Å². The van der Waals surface area contributed by atoms with Gasteiger partial charge in [0, 0.05) is 29.4 Å². The number of carboxylic acids is 1. The van der Waals surface area contributed by atoms with Crippen LogP contribution in [0.5, 0.6) is 0 Å². The number of aliphatic carboxylic acids is 1. The molecule has 1 saturated carbocycles. The van der Waals surface area contributed by atoms with Crippen LogP contribution in [0.2, 0.25) is 0 Å². The largest absolute Gasteiger partial charge is 0.481 e. The molecule has 0 spiro atoms. The Kier molecular flexibility index (Phi) is 5.11. The second kappa shape index (κ2) is 6.14. The Morgan fingerprint density at radius 3 is 2.47 bits per heavy atom. The third-order valence-electron chi connectivity index (χ3n) is 3.14. The minimum atomic E-state index is -0.939. The molecule has 1 rings (SSSR count). The molecule has 17 heavy (non-hydrogen) atoms. The fourth-order valence-electron chi connectivity index (χ4n) is 2.30. The van der Waals surface area contributed by atoms with Crippen LogP contribution in [0.3, 0.4) is 0 Å². The fraction of sp³-hybridized carbons (Fsp3) is 0.818. The van der Waals surface area contributed by atoms with Gasteiger partial charge in [0.2, 0.25) is 5.91 Å². The van der Waals surface area contributed by atoms with Crippen LogP contribution in [0.1, 0.15) is 19.8 Å². The summed E-state index contributed by atoms with van der Waals surface area (Å²) in [6, 6.07) is 0. The maximum absolute atomic E-state index is 11.8. The van der Waals surface area contributed by atoms with Crippen molar-refractivity contribution in [1.29, 1.82) is 0 Å². The number of carboxylic acid groups (broad SMARTS) is 1. The van der Waals surface area contributed by atoms with Gasteiger partial charge in [0.25, 0.3) is 0 Å². The molecule has 1 amide bonds. The van der Waals surface area contributed by atoms with Crippen LogP contribution in [0, 0.1) is 17.8 Å². The number of nitrogens with one attached hydrogen (secondary N) is 1. The highest BCUT2D eigenvalue weighted by atomic mass is 32.2. The van der Waals surface area contributed by atoms with E-state index < -0.39 is 28.6 Å². The lowest BCUT2D eigenvalue weighted by Crippen LogP contribution is -2.37. The third kappa shape index (κ3) is 4.11. The normalized spacial score (nSPS) is 29.9. The predicted octanol–water partition coefficient (Wildman–Crippen LogP) is 0.228. The molecule has 0 saturated heterocycles. The molecule has 0 bridgehead atoms. The van der Waals surface area contributed by atoms with Crippen LogP contribution in [-0.4, -0.2) is 39.7 Å². The van der Waals surface area contributed by atoms with E-state index in [0.717, 1.165) is 0 Å². The SMILES string of the molecule is CC1CC(C(=O)O)C(C(=O)NCCS(C)=O)C1. The van der Waals surface area contributed by atoms with Crippen molar-refractivity contribution in [1.82, 2.24) is 5.32 Å². The Hall–Kier alpha value is -0.910. The molecular weight excluding hydrogens is 242 g/mol. The second-order valence-electron chi connectivity index (χ2n) is 4.70. The average Bonchev–Trinajstić information content (AvgIpc) is 2.59. The van der Waals surface area contributed by atoms with Gasteiger partial charge >= 0.3 is 5.97 Å². The van der Waals surface area contributed by atoms with Crippen molar-refractivity contribution in [2.45, 2.75) is 19.8 Å². The third-order valence-corrected chi connectivity index (χ3v) is 3.92. The first kappa shape index (κ1) is 14.2. The van der Waals surface area contributed by atoms with Crippen LogP contribution in [-0.2, 0) is 20.4 Å².